The first-order valence-corrected chi connectivity index (χ1v) is 23.0. The van der Waals surface area contributed by atoms with Crippen molar-refractivity contribution in [2.75, 3.05) is 0 Å². The molecular formula is C62H69IrN3O-2. The van der Waals surface area contributed by atoms with Gasteiger partial charge >= 0.3 is 0 Å². The number of furan rings is 1. The molecule has 67 heavy (non-hydrogen) atoms. The third-order valence-electron chi connectivity index (χ3n) is 13.0. The maximum absolute atomic E-state index is 9.22. The molecule has 0 atom stereocenters. The summed E-state index contributed by atoms with van der Waals surface area (Å²) < 4.78 is 122. The minimum atomic E-state index is -2.62. The van der Waals surface area contributed by atoms with Gasteiger partial charge in [-0.3, -0.25) is 0 Å². The van der Waals surface area contributed by atoms with Crippen molar-refractivity contribution in [3.05, 3.63) is 171 Å². The number of rotatable bonds is 8. The quantitative estimate of drug-likeness (QED) is 0.142. The van der Waals surface area contributed by atoms with Crippen molar-refractivity contribution in [1.82, 2.24) is 15.0 Å². The molecular weight excluding hydrogens is 995 g/mol. The normalized spacial score (nSPS) is 18.4. The van der Waals surface area contributed by atoms with Gasteiger partial charge in [-0.25, -0.2) is 4.98 Å². The Morgan fingerprint density at radius 3 is 2.24 bits per heavy atom. The van der Waals surface area contributed by atoms with Crippen LogP contribution in [0.1, 0.15) is 181 Å². The van der Waals surface area contributed by atoms with Gasteiger partial charge in [-0.2, -0.15) is 0 Å². The first-order chi connectivity index (χ1) is 37.0. The molecule has 1 aliphatic rings. The Hall–Kier alpha value is -5.22. The third kappa shape index (κ3) is 10.9. The van der Waals surface area contributed by atoms with Gasteiger partial charge in [0.1, 0.15) is 0 Å². The molecule has 4 aromatic heterocycles. The summed E-state index contributed by atoms with van der Waals surface area (Å²) in [7, 11) is 0. The van der Waals surface area contributed by atoms with Crippen LogP contribution in [-0.2, 0) is 31.9 Å². The topological polar surface area (TPSA) is 51.8 Å². The Morgan fingerprint density at radius 1 is 0.806 bits per heavy atom. The Balaban J connectivity index is 0.000000250. The molecule has 349 valence electrons. The van der Waals surface area contributed by atoms with Crippen molar-refractivity contribution in [2.45, 2.75) is 145 Å². The summed E-state index contributed by atoms with van der Waals surface area (Å²) >= 11 is 0. The SMILES string of the molecule is [2H]C([2H])([2H])c1c[c-]c(-c2cc(C(C)(C)C)ccn2)cc1-c1c(C(C)C)cccc1C(C)C.[2H]c1cc(C2([2H])CCC(C)(C)CC2)cc(C([2H])([2H])[2H])c1Cc1cc(-c2[c-]ccc3c2oc2nc(C([2H])([2H])[2H])ccc23)ncc1C([2H])([2H])[2H].[Ir]. The number of aromatic nitrogens is 3. The molecule has 0 N–H and O–H groups in total. The Kier molecular flexibility index (Phi) is 10.3. The van der Waals surface area contributed by atoms with E-state index in [0.29, 0.717) is 51.6 Å². The van der Waals surface area contributed by atoms with Crippen LogP contribution in [-0.4, -0.2) is 15.0 Å². The molecule has 4 heterocycles. The van der Waals surface area contributed by atoms with Gasteiger partial charge in [-0.15, -0.1) is 47.5 Å². The van der Waals surface area contributed by atoms with E-state index in [1.807, 2.05) is 18.3 Å². The van der Waals surface area contributed by atoms with Crippen molar-refractivity contribution < 1.29 is 43.7 Å². The predicted octanol–water partition coefficient (Wildman–Crippen LogP) is 17.1. The van der Waals surface area contributed by atoms with Crippen LogP contribution in [0.4, 0.5) is 0 Å². The molecule has 5 heteroatoms. The third-order valence-corrected chi connectivity index (χ3v) is 13.0. The minimum Gasteiger partial charge on any atom is -0.486 e. The molecule has 0 bridgehead atoms. The second-order valence-corrected chi connectivity index (χ2v) is 20.2. The van der Waals surface area contributed by atoms with Crippen LogP contribution in [0.25, 0.3) is 55.7 Å². The van der Waals surface area contributed by atoms with Crippen LogP contribution in [0.5, 0.6) is 0 Å². The second kappa shape index (κ2) is 20.2. The molecule has 8 aromatic rings. The van der Waals surface area contributed by atoms with Gasteiger partial charge in [-0.1, -0.05) is 134 Å². The maximum Gasteiger partial charge on any atom is 0.216 e. The van der Waals surface area contributed by atoms with Gasteiger partial charge < -0.3 is 14.4 Å². The number of benzene rings is 4. The maximum atomic E-state index is 9.22. The van der Waals surface area contributed by atoms with Crippen LogP contribution in [0.3, 0.4) is 0 Å². The second-order valence-electron chi connectivity index (χ2n) is 20.2. The first-order valence-electron chi connectivity index (χ1n) is 30.0. The molecule has 0 spiro atoms. The number of aryl methyl sites for hydroxylation is 4. The van der Waals surface area contributed by atoms with Gasteiger partial charge in [0.05, 0.1) is 6.95 Å². The van der Waals surface area contributed by atoms with Crippen LogP contribution < -0.4 is 0 Å². The Bertz CT molecular complexity index is 3570. The number of nitrogens with zero attached hydrogens (tertiary/aromatic N) is 3. The fourth-order valence-electron chi connectivity index (χ4n) is 8.93. The zero-order chi connectivity index (χ0) is 58.9. The largest absolute Gasteiger partial charge is 0.486 e. The Labute approximate surface area is 434 Å². The van der Waals surface area contributed by atoms with Crippen LogP contribution in [0.2, 0.25) is 0 Å². The average Bonchev–Trinajstić information content (AvgIpc) is 3.80. The summed E-state index contributed by atoms with van der Waals surface area (Å²) in [6.07, 6.45) is 5.59. The molecule has 1 radical (unpaired) electrons. The summed E-state index contributed by atoms with van der Waals surface area (Å²) in [6.45, 7) is 9.59. The van der Waals surface area contributed by atoms with E-state index in [0.717, 1.165) is 46.4 Å². The molecule has 1 fully saturated rings. The van der Waals surface area contributed by atoms with E-state index in [-0.39, 0.29) is 88.9 Å². The van der Waals surface area contributed by atoms with E-state index in [4.69, 9.17) is 22.2 Å². The molecule has 4 aromatic carbocycles. The molecule has 0 aliphatic heterocycles. The summed E-state index contributed by atoms with van der Waals surface area (Å²) in [5.74, 6) is -0.483. The van der Waals surface area contributed by atoms with Crippen molar-refractivity contribution in [1.29, 1.82) is 0 Å². The van der Waals surface area contributed by atoms with Crippen molar-refractivity contribution >= 4 is 22.1 Å². The van der Waals surface area contributed by atoms with E-state index in [1.165, 1.54) is 23.9 Å². The van der Waals surface area contributed by atoms with Gasteiger partial charge in [0, 0.05) is 61.4 Å². The number of hydrogen-bond donors (Lipinski definition) is 0. The first kappa shape index (κ1) is 34.1. The van der Waals surface area contributed by atoms with E-state index in [1.54, 1.807) is 36.4 Å². The summed E-state index contributed by atoms with van der Waals surface area (Å²) in [5.41, 5.74) is 9.11. The predicted molar refractivity (Wildman–Crippen MR) is 278 cm³/mol. The zero-order valence-corrected chi connectivity index (χ0v) is 42.4. The van der Waals surface area contributed by atoms with Crippen LogP contribution in [0.15, 0.2) is 108 Å². The van der Waals surface area contributed by atoms with Gasteiger partial charge in [0.2, 0.25) is 5.71 Å². The van der Waals surface area contributed by atoms with Gasteiger partial charge in [0.15, 0.2) is 0 Å². The molecule has 0 unspecified atom stereocenters. The smallest absolute Gasteiger partial charge is 0.216 e. The van der Waals surface area contributed by atoms with Crippen molar-refractivity contribution in [2.24, 2.45) is 5.41 Å². The van der Waals surface area contributed by atoms with Gasteiger partial charge in [-0.05, 0) is 161 Å². The molecule has 4 nitrogen and oxygen atoms in total. The summed E-state index contributed by atoms with van der Waals surface area (Å²) in [6, 6.07) is 31.4. The monoisotopic (exact) mass is 1080 g/mol. The van der Waals surface area contributed by atoms with Crippen LogP contribution in [0, 0.1) is 45.0 Å². The minimum absolute atomic E-state index is 0. The molecule has 9 rings (SSSR count). The Morgan fingerprint density at radius 2 is 1.55 bits per heavy atom. The average molecular weight is 1080 g/mol. The van der Waals surface area contributed by atoms with Crippen molar-refractivity contribution in [3.8, 4) is 33.6 Å². The molecule has 0 saturated heterocycles. The van der Waals surface area contributed by atoms with Crippen LogP contribution >= 0.6 is 0 Å². The van der Waals surface area contributed by atoms with Crippen molar-refractivity contribution in [3.63, 3.8) is 0 Å². The zero-order valence-electron chi connectivity index (χ0n) is 54.0. The van der Waals surface area contributed by atoms with E-state index in [2.05, 4.69) is 114 Å². The standard InChI is InChI=1S/C34H35N2O.C28H34N.Ir/c1-21-17-26(24-13-15-34(4,5)16-14-24)11-10-25(21)18-27-19-31(35-20-22(27)2)30-8-6-7-28-29-12-9-23(3)36-33(29)37-32(28)30;1-18(2)23-10-9-11-24(19(3)4)27(23)25-16-21(13-12-20(25)5)26-17-22(14-15-29-26)28(6,7)8;/h6-7,9-12,17,19-20,24H,13-16,18H2,1-5H3;9-12,14-19H,1-8H3;/q2*-1;/i1D3,2D3,3D3,10D,24D;5D3;. The molecule has 1 saturated carbocycles. The number of hydrogen-bond acceptors (Lipinski definition) is 4. The molecule has 0 amide bonds. The van der Waals surface area contributed by atoms with E-state index < -0.39 is 33.3 Å². The fraction of sp³-hybridized carbons (Fsp3) is 0.371. The van der Waals surface area contributed by atoms with Gasteiger partial charge in [0.25, 0.3) is 0 Å². The number of pyridine rings is 3. The van der Waals surface area contributed by atoms with E-state index >= 15 is 0 Å². The fourth-order valence-corrected chi connectivity index (χ4v) is 8.93. The summed E-state index contributed by atoms with van der Waals surface area (Å²) in [4.78, 5) is 13.2. The number of fused-ring (bicyclic) bond motifs is 3. The van der Waals surface area contributed by atoms with E-state index in [9.17, 15) is 1.37 Å². The summed E-state index contributed by atoms with van der Waals surface area (Å²) in [5, 5.41) is 1.22. The molecule has 1 aliphatic carbocycles.